The van der Waals surface area contributed by atoms with Gasteiger partial charge in [0.2, 0.25) is 0 Å². The molecule has 1 aliphatic rings. The Morgan fingerprint density at radius 3 is 2.45 bits per heavy atom. The summed E-state index contributed by atoms with van der Waals surface area (Å²) in [5, 5.41) is 9.42. The number of hydrogen-bond donors (Lipinski definition) is 2. The summed E-state index contributed by atoms with van der Waals surface area (Å²) in [5.74, 6) is 0. The first-order valence-corrected chi connectivity index (χ1v) is 4.68. The molecule has 1 atom stereocenters. The highest BCUT2D eigenvalue weighted by Crippen LogP contribution is 2.34. The average molecular weight is 175 g/mol. The van der Waals surface area contributed by atoms with Gasteiger partial charge in [-0.1, -0.05) is 6.92 Å². The van der Waals surface area contributed by atoms with Gasteiger partial charge in [0.15, 0.2) is 0 Å². The molecule has 0 amide bonds. The van der Waals surface area contributed by atoms with Gasteiger partial charge in [0.1, 0.15) is 0 Å². The minimum absolute atomic E-state index is 0.191. The fraction of sp³-hybridized carbons (Fsp3) is 1.00. The van der Waals surface area contributed by atoms with Crippen molar-refractivity contribution < 1.29 is 5.11 Å². The molecule has 11 heavy (non-hydrogen) atoms. The Morgan fingerprint density at radius 2 is 2.18 bits per heavy atom. The van der Waals surface area contributed by atoms with Crippen LogP contribution in [0.15, 0.2) is 0 Å². The third-order valence-corrected chi connectivity index (χ3v) is 3.02. The minimum Gasteiger partial charge on any atom is -0.396 e. The lowest BCUT2D eigenvalue weighted by molar-refractivity contribution is -0.0466. The first-order valence-electron chi connectivity index (χ1n) is 4.16. The Morgan fingerprint density at radius 1 is 1.64 bits per heavy atom. The lowest BCUT2D eigenvalue weighted by atomic mass is 9.78. The molecule has 3 heteroatoms. The van der Waals surface area contributed by atoms with E-state index in [-0.39, 0.29) is 5.41 Å². The molecule has 0 spiro atoms. The van der Waals surface area contributed by atoms with Crippen molar-refractivity contribution in [1.29, 1.82) is 0 Å². The maximum absolute atomic E-state index is 9.08. The monoisotopic (exact) mass is 175 g/mol. The SMILES string of the molecule is CCC1(CO)CN(C(C)S)C1. The van der Waals surface area contributed by atoms with Crippen molar-refractivity contribution in [2.45, 2.75) is 25.6 Å². The zero-order valence-corrected chi connectivity index (χ0v) is 8.14. The van der Waals surface area contributed by atoms with Gasteiger partial charge in [-0.2, -0.15) is 12.6 Å². The van der Waals surface area contributed by atoms with Crippen LogP contribution in [0.25, 0.3) is 0 Å². The summed E-state index contributed by atoms with van der Waals surface area (Å²) >= 11 is 4.32. The first kappa shape index (κ1) is 9.36. The predicted octanol–water partition coefficient (Wildman–Crippen LogP) is 0.966. The molecule has 1 unspecified atom stereocenters. The molecule has 0 radical (unpaired) electrons. The summed E-state index contributed by atoms with van der Waals surface area (Å²) in [6.45, 7) is 6.53. The Balaban J connectivity index is 2.35. The van der Waals surface area contributed by atoms with Crippen LogP contribution in [0.1, 0.15) is 20.3 Å². The van der Waals surface area contributed by atoms with E-state index in [2.05, 4.69) is 31.4 Å². The van der Waals surface area contributed by atoms with Crippen LogP contribution in [0.4, 0.5) is 0 Å². The highest BCUT2D eigenvalue weighted by atomic mass is 32.1. The van der Waals surface area contributed by atoms with Gasteiger partial charge in [0, 0.05) is 23.9 Å². The highest BCUT2D eigenvalue weighted by molar-refractivity contribution is 7.80. The molecular formula is C8H17NOS. The molecule has 0 aromatic rings. The topological polar surface area (TPSA) is 23.5 Å². The van der Waals surface area contributed by atoms with Crippen molar-refractivity contribution >= 4 is 12.6 Å². The quantitative estimate of drug-likeness (QED) is 0.624. The van der Waals surface area contributed by atoms with Crippen molar-refractivity contribution in [2.75, 3.05) is 19.7 Å². The molecule has 0 saturated carbocycles. The third-order valence-electron chi connectivity index (χ3n) is 2.69. The van der Waals surface area contributed by atoms with Crippen LogP contribution in [-0.4, -0.2) is 35.1 Å². The van der Waals surface area contributed by atoms with E-state index in [0.717, 1.165) is 19.5 Å². The van der Waals surface area contributed by atoms with Crippen LogP contribution in [0.3, 0.4) is 0 Å². The average Bonchev–Trinajstić information content (AvgIpc) is 1.87. The zero-order chi connectivity index (χ0) is 8.48. The summed E-state index contributed by atoms with van der Waals surface area (Å²) in [6.07, 6.45) is 1.07. The van der Waals surface area contributed by atoms with E-state index in [1.54, 1.807) is 0 Å². The lowest BCUT2D eigenvalue weighted by Crippen LogP contribution is -2.59. The summed E-state index contributed by atoms with van der Waals surface area (Å²) in [7, 11) is 0. The molecule has 1 fully saturated rings. The fourth-order valence-electron chi connectivity index (χ4n) is 1.51. The minimum atomic E-state index is 0.191. The van der Waals surface area contributed by atoms with Crippen LogP contribution in [-0.2, 0) is 0 Å². The van der Waals surface area contributed by atoms with Gasteiger partial charge in [0.25, 0.3) is 0 Å². The van der Waals surface area contributed by atoms with Crippen molar-refractivity contribution in [3.63, 3.8) is 0 Å². The molecule has 2 nitrogen and oxygen atoms in total. The smallest absolute Gasteiger partial charge is 0.0511 e. The second-order valence-corrected chi connectivity index (χ2v) is 4.30. The van der Waals surface area contributed by atoms with Gasteiger partial charge in [-0.25, -0.2) is 0 Å². The molecule has 66 valence electrons. The van der Waals surface area contributed by atoms with Gasteiger partial charge >= 0.3 is 0 Å². The van der Waals surface area contributed by atoms with E-state index in [9.17, 15) is 0 Å². The maximum atomic E-state index is 9.08. The highest BCUT2D eigenvalue weighted by Gasteiger charge is 2.41. The van der Waals surface area contributed by atoms with E-state index >= 15 is 0 Å². The molecule has 1 heterocycles. The van der Waals surface area contributed by atoms with Crippen LogP contribution < -0.4 is 0 Å². The van der Waals surface area contributed by atoms with E-state index in [0.29, 0.717) is 12.0 Å². The van der Waals surface area contributed by atoms with Crippen molar-refractivity contribution in [1.82, 2.24) is 4.90 Å². The van der Waals surface area contributed by atoms with Crippen molar-refractivity contribution in [3.8, 4) is 0 Å². The molecule has 0 aromatic heterocycles. The zero-order valence-electron chi connectivity index (χ0n) is 7.25. The van der Waals surface area contributed by atoms with E-state index in [1.165, 1.54) is 0 Å². The van der Waals surface area contributed by atoms with Crippen LogP contribution in [0.2, 0.25) is 0 Å². The van der Waals surface area contributed by atoms with E-state index in [1.807, 2.05) is 0 Å². The maximum Gasteiger partial charge on any atom is 0.0511 e. The fourth-order valence-corrected chi connectivity index (χ4v) is 1.68. The molecule has 0 bridgehead atoms. The summed E-state index contributed by atoms with van der Waals surface area (Å²) < 4.78 is 0. The van der Waals surface area contributed by atoms with Crippen molar-refractivity contribution in [2.24, 2.45) is 5.41 Å². The number of likely N-dealkylation sites (tertiary alicyclic amines) is 1. The second-order valence-electron chi connectivity index (χ2n) is 3.55. The first-order chi connectivity index (χ1) is 5.13. The number of hydrogen-bond acceptors (Lipinski definition) is 3. The summed E-state index contributed by atoms with van der Waals surface area (Å²) in [6, 6.07) is 0. The number of rotatable bonds is 3. The van der Waals surface area contributed by atoms with Gasteiger partial charge in [0.05, 0.1) is 6.61 Å². The standard InChI is InChI=1S/C8H17NOS/c1-3-8(6-10)4-9(5-8)7(2)11/h7,10-11H,3-6H2,1-2H3. The second kappa shape index (κ2) is 3.33. The summed E-state index contributed by atoms with van der Waals surface area (Å²) in [4.78, 5) is 2.27. The van der Waals surface area contributed by atoms with E-state index in [4.69, 9.17) is 5.11 Å². The number of thiol groups is 1. The predicted molar refractivity (Wildman–Crippen MR) is 49.8 cm³/mol. The number of aliphatic hydroxyl groups is 1. The normalized spacial score (nSPS) is 26.2. The largest absolute Gasteiger partial charge is 0.396 e. The Labute approximate surface area is 74.0 Å². The van der Waals surface area contributed by atoms with Crippen LogP contribution >= 0.6 is 12.6 Å². The molecule has 1 saturated heterocycles. The van der Waals surface area contributed by atoms with Gasteiger partial charge in [-0.3, -0.25) is 4.90 Å². The molecule has 1 rings (SSSR count). The summed E-state index contributed by atoms with van der Waals surface area (Å²) in [5.41, 5.74) is 0.191. The van der Waals surface area contributed by atoms with E-state index < -0.39 is 0 Å². The molecule has 0 aromatic carbocycles. The Bertz CT molecular complexity index is 126. The molecule has 1 N–H and O–H groups in total. The Hall–Kier alpha value is 0.270. The molecule has 0 aliphatic carbocycles. The number of aliphatic hydroxyl groups excluding tert-OH is 1. The number of nitrogens with zero attached hydrogens (tertiary/aromatic N) is 1. The third kappa shape index (κ3) is 1.71. The lowest BCUT2D eigenvalue weighted by Gasteiger charge is -2.50. The molecule has 1 aliphatic heterocycles. The Kier molecular flexibility index (Phi) is 2.84. The van der Waals surface area contributed by atoms with Gasteiger partial charge in [-0.15, -0.1) is 0 Å². The van der Waals surface area contributed by atoms with Gasteiger partial charge < -0.3 is 5.11 Å². The molecular weight excluding hydrogens is 158 g/mol. The van der Waals surface area contributed by atoms with Crippen molar-refractivity contribution in [3.05, 3.63) is 0 Å². The van der Waals surface area contributed by atoms with Crippen LogP contribution in [0, 0.1) is 5.41 Å². The van der Waals surface area contributed by atoms with Crippen LogP contribution in [0.5, 0.6) is 0 Å². The van der Waals surface area contributed by atoms with Gasteiger partial charge in [-0.05, 0) is 13.3 Å².